The van der Waals surface area contributed by atoms with Crippen molar-refractivity contribution in [2.75, 3.05) is 6.54 Å². The fourth-order valence-electron chi connectivity index (χ4n) is 4.15. The predicted molar refractivity (Wildman–Crippen MR) is 116 cm³/mol. The number of carbonyl (C=O) groups excluding carboxylic acids is 1. The van der Waals surface area contributed by atoms with Gasteiger partial charge in [-0.25, -0.2) is 0 Å². The van der Waals surface area contributed by atoms with Crippen molar-refractivity contribution in [3.63, 3.8) is 0 Å². The summed E-state index contributed by atoms with van der Waals surface area (Å²) in [5.74, 6) is 0.0481. The van der Waals surface area contributed by atoms with Crippen LogP contribution in [-0.2, 0) is 4.79 Å². The first-order chi connectivity index (χ1) is 13.1. The van der Waals surface area contributed by atoms with E-state index in [1.165, 1.54) is 64.2 Å². The van der Waals surface area contributed by atoms with E-state index < -0.39 is 0 Å². The number of nitrogens with one attached hydrogen (secondary N) is 2. The van der Waals surface area contributed by atoms with Crippen LogP contribution in [0.3, 0.4) is 0 Å². The summed E-state index contributed by atoms with van der Waals surface area (Å²) in [5, 5.41) is 6.61. The van der Waals surface area contributed by atoms with Gasteiger partial charge in [-0.15, -0.1) is 0 Å². The molecule has 156 valence electrons. The van der Waals surface area contributed by atoms with Gasteiger partial charge in [0.25, 0.3) is 0 Å². The summed E-state index contributed by atoms with van der Waals surface area (Å²) in [7, 11) is 0. The Morgan fingerprint density at radius 2 is 1.70 bits per heavy atom. The SMILES string of the molecule is CCCCC/C=C/CCCCCCCC1NC=C[N+]1(CC)C(C)NC(C)=O. The van der Waals surface area contributed by atoms with E-state index in [2.05, 4.69) is 56.0 Å². The molecule has 2 N–H and O–H groups in total. The number of quaternary nitrogens is 1. The molecule has 4 nitrogen and oxygen atoms in total. The van der Waals surface area contributed by atoms with Gasteiger partial charge < -0.3 is 10.6 Å². The second-order valence-electron chi connectivity index (χ2n) is 8.00. The predicted octanol–water partition coefficient (Wildman–Crippen LogP) is 5.57. The molecule has 1 heterocycles. The van der Waals surface area contributed by atoms with Crippen LogP contribution in [0.5, 0.6) is 0 Å². The Balaban J connectivity index is 2.17. The lowest BCUT2D eigenvalue weighted by Gasteiger charge is -2.41. The Morgan fingerprint density at radius 1 is 1.07 bits per heavy atom. The van der Waals surface area contributed by atoms with Gasteiger partial charge in [0.15, 0.2) is 12.3 Å². The van der Waals surface area contributed by atoms with Gasteiger partial charge in [-0.1, -0.05) is 51.2 Å². The first kappa shape index (κ1) is 23.7. The van der Waals surface area contributed by atoms with Crippen LogP contribution in [0, 0.1) is 0 Å². The van der Waals surface area contributed by atoms with Gasteiger partial charge in [-0.3, -0.25) is 9.28 Å². The second kappa shape index (κ2) is 13.8. The normalized spacial score (nSPS) is 22.9. The highest BCUT2D eigenvalue weighted by atomic mass is 16.1. The lowest BCUT2D eigenvalue weighted by Crippen LogP contribution is -2.62. The van der Waals surface area contributed by atoms with E-state index in [0.717, 1.165) is 17.4 Å². The van der Waals surface area contributed by atoms with E-state index >= 15 is 0 Å². The Hall–Kier alpha value is -1.29. The molecular formula is C23H44N3O+. The lowest BCUT2D eigenvalue weighted by atomic mass is 10.1. The lowest BCUT2D eigenvalue weighted by molar-refractivity contribution is -0.923. The quantitative estimate of drug-likeness (QED) is 0.222. The molecule has 0 aliphatic carbocycles. The summed E-state index contributed by atoms with van der Waals surface area (Å²) in [4.78, 5) is 11.5. The maximum absolute atomic E-state index is 11.5. The Morgan fingerprint density at radius 3 is 2.33 bits per heavy atom. The third-order valence-electron chi connectivity index (χ3n) is 5.89. The molecule has 1 amide bonds. The van der Waals surface area contributed by atoms with Crippen LogP contribution in [0.4, 0.5) is 0 Å². The first-order valence-electron chi connectivity index (χ1n) is 11.3. The van der Waals surface area contributed by atoms with Gasteiger partial charge in [0, 0.05) is 20.3 Å². The summed E-state index contributed by atoms with van der Waals surface area (Å²) >= 11 is 0. The van der Waals surface area contributed by atoms with E-state index in [1.807, 2.05) is 0 Å². The molecule has 3 atom stereocenters. The third-order valence-corrected chi connectivity index (χ3v) is 5.89. The Labute approximate surface area is 168 Å². The van der Waals surface area contributed by atoms with Crippen molar-refractivity contribution in [3.8, 4) is 0 Å². The zero-order valence-corrected chi connectivity index (χ0v) is 18.3. The zero-order valence-electron chi connectivity index (χ0n) is 18.3. The average Bonchev–Trinajstić information content (AvgIpc) is 3.06. The molecule has 0 radical (unpaired) electrons. The fourth-order valence-corrected chi connectivity index (χ4v) is 4.15. The minimum atomic E-state index is 0.0481. The monoisotopic (exact) mass is 378 g/mol. The number of carbonyl (C=O) groups is 1. The van der Waals surface area contributed by atoms with Crippen molar-refractivity contribution in [2.45, 2.75) is 111 Å². The maximum atomic E-state index is 11.5. The molecule has 0 spiro atoms. The van der Waals surface area contributed by atoms with Crippen molar-refractivity contribution >= 4 is 5.91 Å². The third kappa shape index (κ3) is 8.50. The molecule has 1 aliphatic heterocycles. The molecule has 1 aliphatic rings. The summed E-state index contributed by atoms with van der Waals surface area (Å²) in [6, 6.07) is 0. The van der Waals surface area contributed by atoms with Crippen LogP contribution in [0.1, 0.15) is 98.3 Å². The Kier molecular flexibility index (Phi) is 12.2. The van der Waals surface area contributed by atoms with Gasteiger partial charge >= 0.3 is 0 Å². The van der Waals surface area contributed by atoms with Crippen LogP contribution in [0.25, 0.3) is 0 Å². The average molecular weight is 379 g/mol. The van der Waals surface area contributed by atoms with Crippen LogP contribution in [0.15, 0.2) is 24.6 Å². The van der Waals surface area contributed by atoms with Gasteiger partial charge in [-0.05, 0) is 39.0 Å². The molecule has 0 aromatic heterocycles. The number of hydrogen-bond donors (Lipinski definition) is 2. The largest absolute Gasteiger partial charge is 0.338 e. The van der Waals surface area contributed by atoms with E-state index in [-0.39, 0.29) is 12.1 Å². The number of unbranched alkanes of at least 4 members (excludes halogenated alkanes) is 8. The van der Waals surface area contributed by atoms with Crippen molar-refractivity contribution in [1.29, 1.82) is 0 Å². The highest BCUT2D eigenvalue weighted by Crippen LogP contribution is 2.26. The highest BCUT2D eigenvalue weighted by Gasteiger charge is 2.41. The van der Waals surface area contributed by atoms with Crippen molar-refractivity contribution < 1.29 is 9.28 Å². The van der Waals surface area contributed by atoms with E-state index in [1.54, 1.807) is 6.92 Å². The van der Waals surface area contributed by atoms with Crippen LogP contribution in [0.2, 0.25) is 0 Å². The van der Waals surface area contributed by atoms with Gasteiger partial charge in [0.05, 0.1) is 12.7 Å². The van der Waals surface area contributed by atoms with Crippen LogP contribution >= 0.6 is 0 Å². The van der Waals surface area contributed by atoms with E-state index in [0.29, 0.717) is 6.17 Å². The minimum Gasteiger partial charge on any atom is -0.338 e. The molecule has 0 aromatic rings. The molecule has 3 unspecified atom stereocenters. The summed E-state index contributed by atoms with van der Waals surface area (Å²) in [5.41, 5.74) is 0. The molecule has 0 saturated heterocycles. The van der Waals surface area contributed by atoms with E-state index in [9.17, 15) is 4.79 Å². The molecule has 0 bridgehead atoms. The zero-order chi connectivity index (χ0) is 20.0. The molecule has 27 heavy (non-hydrogen) atoms. The number of nitrogens with zero attached hydrogens (tertiary/aromatic N) is 1. The summed E-state index contributed by atoms with van der Waals surface area (Å²) in [6.45, 7) is 9.17. The molecule has 0 aromatic carbocycles. The number of amides is 1. The number of rotatable bonds is 15. The first-order valence-corrected chi connectivity index (χ1v) is 11.3. The smallest absolute Gasteiger partial charge is 0.221 e. The molecule has 4 heteroatoms. The van der Waals surface area contributed by atoms with Crippen molar-refractivity contribution in [2.24, 2.45) is 0 Å². The topological polar surface area (TPSA) is 41.1 Å². The highest BCUT2D eigenvalue weighted by molar-refractivity contribution is 5.72. The standard InChI is InChI=1S/C23H43N3O/c1-5-7-8-9-10-11-12-13-14-15-16-17-18-23-24-19-20-26(23,6-2)21(3)25-22(4)27/h10-11,19-21,23-24H,5-9,12-18H2,1-4H3/p+1/b11-10+. The molecule has 0 saturated carbocycles. The maximum Gasteiger partial charge on any atom is 0.221 e. The molecular weight excluding hydrogens is 334 g/mol. The second-order valence-corrected chi connectivity index (χ2v) is 8.00. The molecule has 1 rings (SSSR count). The van der Waals surface area contributed by atoms with Crippen LogP contribution in [-0.4, -0.2) is 29.3 Å². The van der Waals surface area contributed by atoms with Gasteiger partial charge in [0.1, 0.15) is 6.20 Å². The van der Waals surface area contributed by atoms with Gasteiger partial charge in [-0.2, -0.15) is 0 Å². The molecule has 0 fully saturated rings. The Bertz CT molecular complexity index is 461. The fraction of sp³-hybridized carbons (Fsp3) is 0.783. The van der Waals surface area contributed by atoms with Crippen LogP contribution < -0.4 is 10.6 Å². The van der Waals surface area contributed by atoms with Gasteiger partial charge in [0.2, 0.25) is 5.91 Å². The van der Waals surface area contributed by atoms with E-state index in [4.69, 9.17) is 0 Å². The summed E-state index contributed by atoms with van der Waals surface area (Å²) in [6.07, 6.45) is 23.7. The van der Waals surface area contributed by atoms with Crippen molar-refractivity contribution in [3.05, 3.63) is 24.6 Å². The minimum absolute atomic E-state index is 0.0481. The van der Waals surface area contributed by atoms with Crippen molar-refractivity contribution in [1.82, 2.24) is 10.6 Å². The number of hydrogen-bond acceptors (Lipinski definition) is 2. The number of allylic oxidation sites excluding steroid dienone is 2. The summed E-state index contributed by atoms with van der Waals surface area (Å²) < 4.78 is 0.808.